The molecule has 0 bridgehead atoms. The second-order valence-electron chi connectivity index (χ2n) is 30.0. The lowest BCUT2D eigenvalue weighted by Gasteiger charge is -2.28. The molecule has 118 heavy (non-hydrogen) atoms. The molecule has 0 saturated carbocycles. The lowest BCUT2D eigenvalue weighted by Crippen LogP contribution is -2.52. The van der Waals surface area contributed by atoms with Crippen molar-refractivity contribution in [3.63, 3.8) is 0 Å². The molecule has 8 aromatic rings. The first-order valence-electron chi connectivity index (χ1n) is 39.3. The number of carbonyl (C=O) groups is 11. The summed E-state index contributed by atoms with van der Waals surface area (Å²) < 4.78 is 5.54. The number of ether oxygens (including phenoxy) is 1. The number of nitrogens with zero attached hydrogens (tertiary/aromatic N) is 4. The van der Waals surface area contributed by atoms with Crippen molar-refractivity contribution in [3.05, 3.63) is 263 Å². The number of aliphatic hydroxyl groups is 1. The fraction of sp³-hybridized carbons (Fsp3) is 0.359. The number of hydrogen-bond acceptors (Lipinski definition) is 17. The number of aryl methyl sites for hydroxylation is 5. The monoisotopic (exact) mass is 1680 g/mol. The highest BCUT2D eigenvalue weighted by atomic mass is 32.1. The quantitative estimate of drug-likeness (QED) is 0.0206. The Morgan fingerprint density at radius 1 is 0.424 bits per heavy atom. The summed E-state index contributed by atoms with van der Waals surface area (Å²) in [6, 6.07) is 65.1. The van der Waals surface area contributed by atoms with Crippen LogP contribution in [0.25, 0.3) is 0 Å². The van der Waals surface area contributed by atoms with Crippen molar-refractivity contribution >= 4 is 141 Å². The third kappa shape index (κ3) is 27.3. The van der Waals surface area contributed by atoms with Gasteiger partial charge >= 0.3 is 11.9 Å². The lowest BCUT2D eigenvalue weighted by atomic mass is 10.0. The van der Waals surface area contributed by atoms with Gasteiger partial charge in [-0.15, -0.1) is 0 Å². The molecule has 628 valence electrons. The van der Waals surface area contributed by atoms with Crippen LogP contribution in [0.3, 0.4) is 0 Å². The number of carbonyl (C=O) groups excluding carboxylic acids is 10. The van der Waals surface area contributed by atoms with Crippen molar-refractivity contribution in [1.82, 2.24) is 21.3 Å². The molecule has 6 N–H and O–H groups in total. The van der Waals surface area contributed by atoms with E-state index in [0.717, 1.165) is 74.5 Å². The zero-order valence-corrected chi connectivity index (χ0v) is 71.7. The zero-order chi connectivity index (χ0) is 81.4. The van der Waals surface area contributed by atoms with E-state index < -0.39 is 42.3 Å². The number of aliphatic hydroxyl groups excluding tert-OH is 1. The van der Waals surface area contributed by atoms with Gasteiger partial charge in [-0.3, -0.25) is 63.4 Å². The molecule has 8 aromatic carbocycles. The van der Waals surface area contributed by atoms with Crippen LogP contribution in [0.4, 0.5) is 22.7 Å². The second-order valence-corrected chi connectivity index (χ2v) is 30.0. The molecule has 5 aliphatic rings. The fourth-order valence-corrected chi connectivity index (χ4v) is 15.3. The highest BCUT2D eigenvalue weighted by Gasteiger charge is 2.41. The van der Waals surface area contributed by atoms with Gasteiger partial charge in [0, 0.05) is 53.2 Å². The number of anilines is 4. The van der Waals surface area contributed by atoms with Crippen molar-refractivity contribution in [2.45, 2.75) is 186 Å². The first kappa shape index (κ1) is 97.0. The minimum Gasteiger partial charge on any atom is -0.480 e. The van der Waals surface area contributed by atoms with E-state index in [9.17, 15) is 63.0 Å². The molecule has 13 rings (SSSR count). The number of Topliss-reactive ketones (excluding diaryl/α,β-unsaturated/α-hetero) is 5. The third-order valence-electron chi connectivity index (χ3n) is 20.9. The summed E-state index contributed by atoms with van der Waals surface area (Å²) in [7, 11) is 0. The van der Waals surface area contributed by atoms with E-state index in [-0.39, 0.29) is 163 Å². The van der Waals surface area contributed by atoms with Crippen LogP contribution in [-0.2, 0) is 84.8 Å². The number of carboxylic acid groups (broad SMARTS) is 1. The Kier molecular flexibility index (Phi) is 39.2. The van der Waals surface area contributed by atoms with Crippen molar-refractivity contribution in [3.8, 4) is 0 Å². The molecule has 0 spiro atoms. The van der Waals surface area contributed by atoms with Gasteiger partial charge in [-0.05, 0) is 175 Å². The van der Waals surface area contributed by atoms with Crippen LogP contribution in [0.15, 0.2) is 218 Å². The highest BCUT2D eigenvalue weighted by Crippen LogP contribution is 2.35. The fourth-order valence-electron chi connectivity index (χ4n) is 15.3. The molecule has 22 nitrogen and oxygen atoms in total. The number of para-hydroxylation sites is 4. The highest BCUT2D eigenvalue weighted by molar-refractivity contribution is 7.59. The van der Waals surface area contributed by atoms with Crippen molar-refractivity contribution in [1.29, 1.82) is 0 Å². The van der Waals surface area contributed by atoms with E-state index in [1.54, 1.807) is 21.9 Å². The van der Waals surface area contributed by atoms with Gasteiger partial charge in [0.2, 0.25) is 23.6 Å². The molecule has 26 heteroatoms. The van der Waals surface area contributed by atoms with Gasteiger partial charge in [0.1, 0.15) is 41.3 Å². The third-order valence-corrected chi connectivity index (χ3v) is 20.9. The van der Waals surface area contributed by atoms with E-state index in [2.05, 4.69) is 21.3 Å². The average Bonchev–Trinajstić information content (AvgIpc) is 1.63. The summed E-state index contributed by atoms with van der Waals surface area (Å²) >= 11 is 0. The number of cyclic esters (lactones) is 1. The average molecular weight is 1680 g/mol. The minimum atomic E-state index is -0.978. The van der Waals surface area contributed by atoms with Crippen molar-refractivity contribution < 1.29 is 67.7 Å². The summed E-state index contributed by atoms with van der Waals surface area (Å²) in [6.45, 7) is 9.96. The molecular weight excluding hydrogens is 1570 g/mol. The van der Waals surface area contributed by atoms with Gasteiger partial charge in [0.25, 0.3) is 0 Å². The van der Waals surface area contributed by atoms with Crippen molar-refractivity contribution in [2.75, 3.05) is 45.8 Å². The van der Waals surface area contributed by atoms with Crippen LogP contribution >= 0.6 is 54.0 Å². The van der Waals surface area contributed by atoms with Gasteiger partial charge in [-0.25, -0.2) is 0 Å². The smallest absolute Gasteiger partial charge is 0.323 e. The predicted molar refractivity (Wildman–Crippen MR) is 481 cm³/mol. The molecule has 0 aromatic heterocycles. The minimum absolute atomic E-state index is 0. The van der Waals surface area contributed by atoms with Gasteiger partial charge in [0.15, 0.2) is 5.78 Å². The number of benzene rings is 8. The molecule has 5 heterocycles. The van der Waals surface area contributed by atoms with Gasteiger partial charge in [-0.1, -0.05) is 194 Å². The molecule has 0 radical (unpaired) electrons. The summed E-state index contributed by atoms with van der Waals surface area (Å²) in [5, 5.41) is 33.1. The molecule has 1 fully saturated rings. The number of amides is 4. The zero-order valence-electron chi connectivity index (χ0n) is 67.7. The number of nitrogens with one attached hydrogen (secondary N) is 4. The Morgan fingerprint density at radius 3 is 1.16 bits per heavy atom. The normalized spacial score (nSPS) is 18.8. The van der Waals surface area contributed by atoms with Crippen LogP contribution in [0.5, 0.6) is 0 Å². The van der Waals surface area contributed by atoms with Crippen LogP contribution in [0.2, 0.25) is 0 Å². The SMILES string of the molecule is CC(=O)CN1C(=O)[C@@H](NC(C)CC(=O)c2ccccc2)CCc2ccccc21.CC(=O)CN1C(=O)[C@@H](NC(C)CC(O)c2ccccc2)CCc2ccccc21.CC(=O)CN1C(=O)[C@@H](NC(CCc2ccccc2)C(=O)O)CCc2ccccc21.CC(=O)CN1C(=O)[C@@H](NC2CC(c3ccccc3)OC2=O)CCc2ccccc21.S.S.S.S. The Labute approximate surface area is 719 Å². The largest absolute Gasteiger partial charge is 0.480 e. The number of rotatable bonds is 27. The molecule has 5 aliphatic heterocycles. The van der Waals surface area contributed by atoms with Gasteiger partial charge in [0.05, 0.1) is 56.5 Å². The number of carboxylic acids is 1. The predicted octanol–water partition coefficient (Wildman–Crippen LogP) is 11.8. The molecular formula is C92H112N8O14S4. The first-order valence-corrected chi connectivity index (χ1v) is 39.3. The molecule has 10 atom stereocenters. The van der Waals surface area contributed by atoms with Crippen molar-refractivity contribution in [2.24, 2.45) is 0 Å². The molecule has 4 amide bonds. The molecule has 6 unspecified atom stereocenters. The topological polar surface area (TPSA) is 299 Å². The number of ketones is 5. The van der Waals surface area contributed by atoms with Crippen LogP contribution in [-0.4, -0.2) is 149 Å². The Balaban J connectivity index is 0.000000242. The second kappa shape index (κ2) is 47.7. The summed E-state index contributed by atoms with van der Waals surface area (Å²) in [6.07, 6.45) is 6.56. The summed E-state index contributed by atoms with van der Waals surface area (Å²) in [5.74, 6) is -2.21. The molecule has 1 saturated heterocycles. The number of aliphatic carboxylic acids is 1. The van der Waals surface area contributed by atoms with E-state index >= 15 is 0 Å². The summed E-state index contributed by atoms with van der Waals surface area (Å²) in [5.41, 5.74) is 10.8. The van der Waals surface area contributed by atoms with Gasteiger partial charge < -0.3 is 45.2 Å². The molecule has 0 aliphatic carbocycles. The Bertz CT molecular complexity index is 4600. The number of fused-ring (bicyclic) bond motifs is 4. The maximum Gasteiger partial charge on any atom is 0.323 e. The summed E-state index contributed by atoms with van der Waals surface area (Å²) in [4.78, 5) is 143. The van der Waals surface area contributed by atoms with E-state index in [4.69, 9.17) is 4.74 Å². The Hall–Kier alpha value is -9.87. The maximum atomic E-state index is 13.2. The maximum absolute atomic E-state index is 13.2. The Morgan fingerprint density at radius 2 is 0.763 bits per heavy atom. The lowest BCUT2D eigenvalue weighted by molar-refractivity contribution is -0.143. The van der Waals surface area contributed by atoms with Crippen LogP contribution in [0.1, 0.15) is 154 Å². The van der Waals surface area contributed by atoms with E-state index in [0.29, 0.717) is 76.2 Å². The first-order chi connectivity index (χ1) is 54.9. The van der Waals surface area contributed by atoms with E-state index in [1.807, 2.05) is 220 Å². The van der Waals surface area contributed by atoms with E-state index in [1.165, 1.54) is 37.5 Å². The number of hydrogen-bond donors (Lipinski definition) is 6. The van der Waals surface area contributed by atoms with Crippen LogP contribution < -0.4 is 40.9 Å². The standard InChI is InChI=1S/C23H24N2O4.C23H26N2O4.C23H28N2O3.C23H26N2O3.4H2S/c1-15(26)14-25-20-10-6-5-7-16(20)11-12-18(22(25)27)24-19-13-21(29-23(19)28)17-8-3-2-4-9-17;1-16(26)15-25-21-10-6-5-9-18(21)12-14-19(22(25)27)24-20(23(28)29)13-11-17-7-3-2-4-8-17;2*1-16(14-22(27)19-9-4-3-5-10-19)24-20-13-12-18-8-6-7-11-21(18)25(23(20)28)15-17(2)26;;;;/h2-10,18-19,21,24H,11-14H2,1H3;2-10,19-20,24H,11-15H2,1H3,(H,28,29);3-11,16,20,22,24,27H,12-15H2,1-2H3;3-11,16,20,24H,12-15H2,1-2H3;4*1H2/t18-,19?,21?;19-,20?;16?,20-,22?;16?,20-;;;;/m0000..../s1. The van der Waals surface area contributed by atoms with Gasteiger partial charge in [-0.2, -0.15) is 54.0 Å². The number of esters is 1. The van der Waals surface area contributed by atoms with Crippen LogP contribution in [0, 0.1) is 0 Å².